The molecular formula is C21H38N2O2. The lowest BCUT2D eigenvalue weighted by Gasteiger charge is -2.51. The molecule has 4 nitrogen and oxygen atoms in total. The van der Waals surface area contributed by atoms with Gasteiger partial charge in [0.25, 0.3) is 0 Å². The predicted molar refractivity (Wildman–Crippen MR) is 101 cm³/mol. The van der Waals surface area contributed by atoms with Crippen LogP contribution in [-0.4, -0.2) is 61.1 Å². The van der Waals surface area contributed by atoms with E-state index in [1.165, 1.54) is 13.1 Å². The lowest BCUT2D eigenvalue weighted by Crippen LogP contribution is -2.61. The van der Waals surface area contributed by atoms with Gasteiger partial charge in [-0.2, -0.15) is 0 Å². The highest BCUT2D eigenvalue weighted by Gasteiger charge is 2.43. The second-order valence-electron chi connectivity index (χ2n) is 10.8. The quantitative estimate of drug-likeness (QED) is 0.766. The van der Waals surface area contributed by atoms with E-state index in [1.807, 2.05) is 4.90 Å². The van der Waals surface area contributed by atoms with Crippen LogP contribution in [0.15, 0.2) is 0 Å². The van der Waals surface area contributed by atoms with Gasteiger partial charge in [-0.15, -0.1) is 0 Å². The summed E-state index contributed by atoms with van der Waals surface area (Å²) < 4.78 is 5.17. The third-order valence-corrected chi connectivity index (χ3v) is 6.62. The Morgan fingerprint density at radius 2 is 1.32 bits per heavy atom. The molecule has 1 saturated carbocycles. The Bertz CT molecular complexity index is 471. The van der Waals surface area contributed by atoms with Crippen LogP contribution in [0.25, 0.3) is 0 Å². The minimum absolute atomic E-state index is 0.375. The number of likely N-dealkylation sites (tertiary alicyclic amines) is 2. The standard InChI is InChI=1S/C11H19NO.C10H19NO/c1-11(2,3)9-6-12(7-9)10(13)8-4-5-8;1-10(2,3)8-4-11(5-8)9-6-12-7-9/h8-9H,4-7H2,1-3H3;8-9H,4-7H2,1-3H3. The van der Waals surface area contributed by atoms with E-state index in [-0.39, 0.29) is 0 Å². The normalized spacial score (nSPS) is 26.2. The number of hydrogen-bond acceptors (Lipinski definition) is 3. The van der Waals surface area contributed by atoms with Crippen molar-refractivity contribution in [1.29, 1.82) is 0 Å². The number of carbonyl (C=O) groups excluding carboxylic acids is 1. The Labute approximate surface area is 154 Å². The number of rotatable bonds is 2. The lowest BCUT2D eigenvalue weighted by molar-refractivity contribution is -0.141. The van der Waals surface area contributed by atoms with E-state index < -0.39 is 0 Å². The topological polar surface area (TPSA) is 32.8 Å². The molecule has 3 heterocycles. The van der Waals surface area contributed by atoms with Gasteiger partial charge in [0.2, 0.25) is 5.91 Å². The average molecular weight is 351 g/mol. The lowest BCUT2D eigenvalue weighted by atomic mass is 9.75. The van der Waals surface area contributed by atoms with Crippen LogP contribution in [0, 0.1) is 28.6 Å². The van der Waals surface area contributed by atoms with Crippen LogP contribution < -0.4 is 0 Å². The molecule has 4 rings (SSSR count). The molecule has 0 aromatic carbocycles. The molecule has 4 aliphatic rings. The van der Waals surface area contributed by atoms with Crippen molar-refractivity contribution in [3.8, 4) is 0 Å². The Kier molecular flexibility index (Phi) is 5.25. The number of amides is 1. The van der Waals surface area contributed by atoms with Crippen molar-refractivity contribution in [2.75, 3.05) is 39.4 Å². The summed E-state index contributed by atoms with van der Waals surface area (Å²) in [6, 6.07) is 0.753. The Hall–Kier alpha value is -0.610. The molecule has 0 spiro atoms. The fraction of sp³-hybridized carbons (Fsp3) is 0.952. The second-order valence-corrected chi connectivity index (χ2v) is 10.8. The highest BCUT2D eigenvalue weighted by atomic mass is 16.5. The summed E-state index contributed by atoms with van der Waals surface area (Å²) in [7, 11) is 0. The van der Waals surface area contributed by atoms with Crippen molar-refractivity contribution in [2.45, 2.75) is 60.4 Å². The summed E-state index contributed by atoms with van der Waals surface area (Å²) in [5.41, 5.74) is 0.876. The maximum Gasteiger partial charge on any atom is 0.225 e. The molecule has 4 heteroatoms. The van der Waals surface area contributed by atoms with Crippen LogP contribution in [0.4, 0.5) is 0 Å². The Morgan fingerprint density at radius 3 is 1.68 bits per heavy atom. The highest BCUT2D eigenvalue weighted by Crippen LogP contribution is 2.38. The van der Waals surface area contributed by atoms with Gasteiger partial charge in [-0.1, -0.05) is 41.5 Å². The van der Waals surface area contributed by atoms with Gasteiger partial charge in [0.1, 0.15) is 0 Å². The molecule has 3 aliphatic heterocycles. The first-order valence-corrected chi connectivity index (χ1v) is 10.2. The maximum atomic E-state index is 11.6. The van der Waals surface area contributed by atoms with Gasteiger partial charge in [-0.3, -0.25) is 9.69 Å². The molecule has 4 fully saturated rings. The summed E-state index contributed by atoms with van der Waals surface area (Å²) in [6.45, 7) is 20.3. The smallest absolute Gasteiger partial charge is 0.225 e. The number of carbonyl (C=O) groups is 1. The van der Waals surface area contributed by atoms with Gasteiger partial charge >= 0.3 is 0 Å². The molecule has 0 atom stereocenters. The zero-order chi connectivity index (χ0) is 18.4. The maximum absolute atomic E-state index is 11.6. The Morgan fingerprint density at radius 1 is 0.840 bits per heavy atom. The van der Waals surface area contributed by atoms with Gasteiger partial charge in [0, 0.05) is 32.1 Å². The SMILES string of the molecule is CC(C)(C)C1CN(C(=O)C2CC2)C1.CC(C)(C)C1CN(C2COC2)C1. The van der Waals surface area contributed by atoms with Crippen LogP contribution in [-0.2, 0) is 9.53 Å². The molecule has 0 N–H and O–H groups in total. The van der Waals surface area contributed by atoms with E-state index in [0.717, 1.165) is 57.0 Å². The van der Waals surface area contributed by atoms with Crippen molar-refractivity contribution >= 4 is 5.91 Å². The molecule has 0 aromatic heterocycles. The fourth-order valence-electron chi connectivity index (χ4n) is 3.59. The van der Waals surface area contributed by atoms with Crippen LogP contribution in [0.5, 0.6) is 0 Å². The van der Waals surface area contributed by atoms with E-state index in [0.29, 0.717) is 22.7 Å². The number of ether oxygens (including phenoxy) is 1. The molecule has 25 heavy (non-hydrogen) atoms. The van der Waals surface area contributed by atoms with Crippen molar-refractivity contribution in [3.05, 3.63) is 0 Å². The third-order valence-electron chi connectivity index (χ3n) is 6.62. The first-order valence-electron chi connectivity index (χ1n) is 10.2. The summed E-state index contributed by atoms with van der Waals surface area (Å²) in [5.74, 6) is 2.44. The molecule has 0 aromatic rings. The largest absolute Gasteiger partial charge is 0.378 e. The van der Waals surface area contributed by atoms with E-state index in [2.05, 4.69) is 46.4 Å². The summed E-state index contributed by atoms with van der Waals surface area (Å²) in [6.07, 6.45) is 2.27. The first-order chi connectivity index (χ1) is 11.6. The predicted octanol–water partition coefficient (Wildman–Crippen LogP) is 3.26. The monoisotopic (exact) mass is 350 g/mol. The van der Waals surface area contributed by atoms with E-state index in [9.17, 15) is 4.79 Å². The number of nitrogens with zero attached hydrogens (tertiary/aromatic N) is 2. The van der Waals surface area contributed by atoms with Gasteiger partial charge in [-0.05, 0) is 35.5 Å². The molecule has 1 amide bonds. The second kappa shape index (κ2) is 6.84. The Balaban J connectivity index is 0.000000146. The summed E-state index contributed by atoms with van der Waals surface area (Å²) in [4.78, 5) is 16.2. The molecule has 3 saturated heterocycles. The van der Waals surface area contributed by atoms with Crippen LogP contribution in [0.3, 0.4) is 0 Å². The molecule has 1 aliphatic carbocycles. The molecule has 0 bridgehead atoms. The van der Waals surface area contributed by atoms with Crippen LogP contribution in [0.1, 0.15) is 54.4 Å². The van der Waals surface area contributed by atoms with E-state index in [4.69, 9.17) is 4.74 Å². The molecule has 144 valence electrons. The van der Waals surface area contributed by atoms with Gasteiger partial charge < -0.3 is 9.64 Å². The van der Waals surface area contributed by atoms with E-state index >= 15 is 0 Å². The third kappa shape index (κ3) is 4.57. The highest BCUT2D eigenvalue weighted by molar-refractivity contribution is 5.81. The van der Waals surface area contributed by atoms with Crippen molar-refractivity contribution < 1.29 is 9.53 Å². The van der Waals surface area contributed by atoms with Crippen molar-refractivity contribution in [2.24, 2.45) is 28.6 Å². The molecular weight excluding hydrogens is 312 g/mol. The summed E-state index contributed by atoms with van der Waals surface area (Å²) >= 11 is 0. The van der Waals surface area contributed by atoms with Gasteiger partial charge in [0.15, 0.2) is 0 Å². The van der Waals surface area contributed by atoms with E-state index in [1.54, 1.807) is 0 Å². The van der Waals surface area contributed by atoms with Crippen LogP contribution in [0.2, 0.25) is 0 Å². The minimum atomic E-state index is 0.375. The fourth-order valence-corrected chi connectivity index (χ4v) is 3.59. The zero-order valence-electron chi connectivity index (χ0n) is 17.2. The molecule has 0 unspecified atom stereocenters. The first kappa shape index (κ1) is 19.2. The van der Waals surface area contributed by atoms with Crippen molar-refractivity contribution in [3.63, 3.8) is 0 Å². The summed E-state index contributed by atoms with van der Waals surface area (Å²) in [5, 5.41) is 0. The minimum Gasteiger partial charge on any atom is -0.378 e. The van der Waals surface area contributed by atoms with Crippen molar-refractivity contribution in [1.82, 2.24) is 9.80 Å². The zero-order valence-corrected chi connectivity index (χ0v) is 17.2. The van der Waals surface area contributed by atoms with Gasteiger partial charge in [0.05, 0.1) is 19.3 Å². The molecule has 0 radical (unpaired) electrons. The number of hydrogen-bond donors (Lipinski definition) is 0. The van der Waals surface area contributed by atoms with Crippen LogP contribution >= 0.6 is 0 Å². The van der Waals surface area contributed by atoms with Gasteiger partial charge in [-0.25, -0.2) is 0 Å². The average Bonchev–Trinajstić information content (AvgIpc) is 3.09.